The van der Waals surface area contributed by atoms with Crippen LogP contribution in [-0.4, -0.2) is 18.9 Å². The average molecular weight is 308 g/mol. The number of hydrogen-bond acceptors (Lipinski definition) is 4. The van der Waals surface area contributed by atoms with Gasteiger partial charge in [0.1, 0.15) is 5.58 Å². The molecule has 23 heavy (non-hydrogen) atoms. The van der Waals surface area contributed by atoms with Crippen LogP contribution >= 0.6 is 0 Å². The molecule has 0 bridgehead atoms. The molecule has 0 aliphatic rings. The van der Waals surface area contributed by atoms with Crippen molar-refractivity contribution in [1.82, 2.24) is 0 Å². The summed E-state index contributed by atoms with van der Waals surface area (Å²) < 4.78 is 10.6. The van der Waals surface area contributed by atoms with Crippen molar-refractivity contribution in [3.8, 4) is 0 Å². The second-order valence-corrected chi connectivity index (χ2v) is 5.28. The molecule has 0 fully saturated rings. The quantitative estimate of drug-likeness (QED) is 0.541. The molecule has 0 saturated carbocycles. The van der Waals surface area contributed by atoms with Crippen molar-refractivity contribution < 1.29 is 18.7 Å². The maximum absolute atomic E-state index is 12.8. The summed E-state index contributed by atoms with van der Waals surface area (Å²) in [7, 11) is 1.33. The number of para-hydroxylation sites is 1. The van der Waals surface area contributed by atoms with Gasteiger partial charge in [-0.2, -0.15) is 0 Å². The predicted octanol–water partition coefficient (Wildman–Crippen LogP) is 3.94. The molecular weight excluding hydrogens is 292 g/mol. The number of methoxy groups -OCH3 is 1. The van der Waals surface area contributed by atoms with E-state index in [0.29, 0.717) is 16.7 Å². The van der Waals surface area contributed by atoms with E-state index < -0.39 is 11.9 Å². The highest BCUT2D eigenvalue weighted by molar-refractivity contribution is 6.11. The van der Waals surface area contributed by atoms with Crippen LogP contribution < -0.4 is 0 Å². The van der Waals surface area contributed by atoms with Crippen molar-refractivity contribution in [2.24, 2.45) is 0 Å². The smallest absolute Gasteiger partial charge is 0.313 e. The molecule has 0 radical (unpaired) electrons. The number of ketones is 1. The minimum Gasteiger partial charge on any atom is -0.469 e. The lowest BCUT2D eigenvalue weighted by atomic mass is 9.94. The second-order valence-electron chi connectivity index (χ2n) is 5.28. The number of ether oxygens (including phenoxy) is 1. The molecule has 0 spiro atoms. The van der Waals surface area contributed by atoms with Crippen LogP contribution in [0.2, 0.25) is 0 Å². The molecule has 1 aromatic heterocycles. The number of fused-ring (bicyclic) bond motifs is 1. The Kier molecular flexibility index (Phi) is 3.98. The van der Waals surface area contributed by atoms with Gasteiger partial charge in [-0.3, -0.25) is 9.59 Å². The van der Waals surface area contributed by atoms with Crippen LogP contribution in [0.3, 0.4) is 0 Å². The van der Waals surface area contributed by atoms with Crippen molar-refractivity contribution in [3.05, 3.63) is 71.5 Å². The first-order chi connectivity index (χ1) is 11.1. The Bertz CT molecular complexity index is 861. The Balaban J connectivity index is 2.20. The van der Waals surface area contributed by atoms with Gasteiger partial charge in [0.25, 0.3) is 0 Å². The van der Waals surface area contributed by atoms with E-state index in [-0.39, 0.29) is 11.5 Å². The third kappa shape index (κ3) is 2.63. The van der Waals surface area contributed by atoms with E-state index in [1.165, 1.54) is 7.11 Å². The third-order valence-electron chi connectivity index (χ3n) is 3.86. The molecule has 4 heteroatoms. The van der Waals surface area contributed by atoms with Gasteiger partial charge in [0, 0.05) is 16.5 Å². The van der Waals surface area contributed by atoms with Crippen LogP contribution in [0.1, 0.15) is 34.5 Å². The van der Waals surface area contributed by atoms with E-state index in [9.17, 15) is 9.59 Å². The minimum atomic E-state index is -0.591. The molecule has 4 nitrogen and oxygen atoms in total. The highest BCUT2D eigenvalue weighted by atomic mass is 16.5. The Morgan fingerprint density at radius 1 is 1.00 bits per heavy atom. The normalized spacial score (nSPS) is 12.1. The maximum atomic E-state index is 12.8. The number of furan rings is 1. The zero-order chi connectivity index (χ0) is 16.4. The highest BCUT2D eigenvalue weighted by Gasteiger charge is 2.29. The number of rotatable bonds is 4. The Hall–Kier alpha value is -2.88. The van der Waals surface area contributed by atoms with Gasteiger partial charge in [-0.25, -0.2) is 0 Å². The Morgan fingerprint density at radius 3 is 2.35 bits per heavy atom. The Labute approximate surface area is 133 Å². The molecule has 0 aliphatic carbocycles. The number of hydrogen-bond donors (Lipinski definition) is 0. The molecule has 116 valence electrons. The summed E-state index contributed by atoms with van der Waals surface area (Å²) in [6.07, 6.45) is 0. The summed E-state index contributed by atoms with van der Waals surface area (Å²) in [6.45, 7) is 1.71. The van der Waals surface area contributed by atoms with Gasteiger partial charge in [-0.05, 0) is 13.0 Å². The summed E-state index contributed by atoms with van der Waals surface area (Å²) in [5.41, 5.74) is 1.67. The zero-order valence-corrected chi connectivity index (χ0v) is 12.9. The lowest BCUT2D eigenvalue weighted by Gasteiger charge is -2.09. The molecule has 0 N–H and O–H groups in total. The molecule has 3 aromatic rings. The van der Waals surface area contributed by atoms with Crippen LogP contribution in [-0.2, 0) is 9.53 Å². The van der Waals surface area contributed by atoms with Gasteiger partial charge in [-0.15, -0.1) is 0 Å². The van der Waals surface area contributed by atoms with Gasteiger partial charge in [0.2, 0.25) is 5.78 Å². The monoisotopic (exact) mass is 308 g/mol. The second kappa shape index (κ2) is 6.08. The van der Waals surface area contributed by atoms with Crippen molar-refractivity contribution in [2.75, 3.05) is 7.11 Å². The summed E-state index contributed by atoms with van der Waals surface area (Å²) in [4.78, 5) is 24.8. The molecule has 2 aromatic carbocycles. The lowest BCUT2D eigenvalue weighted by molar-refractivity contribution is -0.141. The molecule has 0 amide bonds. The highest BCUT2D eigenvalue weighted by Crippen LogP contribution is 2.33. The van der Waals surface area contributed by atoms with Crippen LogP contribution in [0.15, 0.2) is 59.0 Å². The maximum Gasteiger partial charge on any atom is 0.313 e. The molecule has 3 rings (SSSR count). The largest absolute Gasteiger partial charge is 0.469 e. The van der Waals surface area contributed by atoms with E-state index in [0.717, 1.165) is 5.39 Å². The fourth-order valence-electron chi connectivity index (χ4n) is 2.68. The van der Waals surface area contributed by atoms with Crippen molar-refractivity contribution >= 4 is 22.7 Å². The van der Waals surface area contributed by atoms with E-state index >= 15 is 0 Å². The van der Waals surface area contributed by atoms with Crippen LogP contribution in [0, 0.1) is 0 Å². The fourth-order valence-corrected chi connectivity index (χ4v) is 2.68. The first-order valence-electron chi connectivity index (χ1n) is 7.32. The van der Waals surface area contributed by atoms with Gasteiger partial charge >= 0.3 is 5.97 Å². The molecule has 1 unspecified atom stereocenters. The van der Waals surface area contributed by atoms with Crippen molar-refractivity contribution in [1.29, 1.82) is 0 Å². The number of carbonyl (C=O) groups excluding carboxylic acids is 2. The van der Waals surface area contributed by atoms with Crippen LogP contribution in [0.4, 0.5) is 0 Å². The summed E-state index contributed by atoms with van der Waals surface area (Å²) in [6, 6.07) is 16.2. The van der Waals surface area contributed by atoms with Gasteiger partial charge in [0.15, 0.2) is 5.76 Å². The first kappa shape index (κ1) is 15.0. The topological polar surface area (TPSA) is 56.5 Å². The molecular formula is C19H16O4. The summed E-state index contributed by atoms with van der Waals surface area (Å²) in [5, 5.41) is 0.754. The van der Waals surface area contributed by atoms with E-state index in [1.54, 1.807) is 37.3 Å². The van der Waals surface area contributed by atoms with E-state index in [2.05, 4.69) is 0 Å². The molecule has 0 aliphatic heterocycles. The van der Waals surface area contributed by atoms with Crippen molar-refractivity contribution in [2.45, 2.75) is 12.8 Å². The average Bonchev–Trinajstić information content (AvgIpc) is 2.99. The zero-order valence-electron chi connectivity index (χ0n) is 12.9. The number of benzene rings is 2. The predicted molar refractivity (Wildman–Crippen MR) is 86.5 cm³/mol. The van der Waals surface area contributed by atoms with Crippen LogP contribution in [0.25, 0.3) is 11.0 Å². The molecule has 1 heterocycles. The molecule has 1 atom stereocenters. The lowest BCUT2D eigenvalue weighted by Crippen LogP contribution is -2.14. The summed E-state index contributed by atoms with van der Waals surface area (Å²) in [5.74, 6) is -1.05. The van der Waals surface area contributed by atoms with E-state index in [4.69, 9.17) is 9.15 Å². The Morgan fingerprint density at radius 2 is 1.65 bits per heavy atom. The van der Waals surface area contributed by atoms with Gasteiger partial charge in [-0.1, -0.05) is 48.5 Å². The van der Waals surface area contributed by atoms with Gasteiger partial charge in [0.05, 0.1) is 13.0 Å². The van der Waals surface area contributed by atoms with Crippen LogP contribution in [0.5, 0.6) is 0 Å². The third-order valence-corrected chi connectivity index (χ3v) is 3.86. The SMILES string of the molecule is COC(=O)C(C)c1c(C(=O)c2ccccc2)oc2ccccc12. The molecule has 0 saturated heterocycles. The van der Waals surface area contributed by atoms with E-state index in [1.807, 2.05) is 24.3 Å². The van der Waals surface area contributed by atoms with Crippen molar-refractivity contribution in [3.63, 3.8) is 0 Å². The number of carbonyl (C=O) groups is 2. The number of esters is 1. The summed E-state index contributed by atoms with van der Waals surface area (Å²) >= 11 is 0. The minimum absolute atomic E-state index is 0.190. The standard InChI is InChI=1S/C19H16O4/c1-12(19(21)22-2)16-14-10-6-7-11-15(14)23-18(16)17(20)13-8-4-3-5-9-13/h3-12H,1-2H3. The van der Waals surface area contributed by atoms with Gasteiger partial charge < -0.3 is 9.15 Å². The first-order valence-corrected chi connectivity index (χ1v) is 7.32. The fraction of sp³-hybridized carbons (Fsp3) is 0.158.